The fraction of sp³-hybridized carbons (Fsp3) is 0.538. The molecule has 8 heteroatoms. The smallest absolute Gasteiger partial charge is 0.245 e. The van der Waals surface area contributed by atoms with Gasteiger partial charge in [0.05, 0.1) is 23.3 Å². The standard InChI is InChI=1S/C13H16Cl2N4O2/c14-8-5-9(15)12(18-11(8)16)19-3-4-21-6-10(19)13(20)17-7-1-2-7/h5,7,10H,1-4,6H2,(H2,16,18)(H,17,20). The topological polar surface area (TPSA) is 80.5 Å². The number of hydrogen-bond donors (Lipinski definition) is 2. The number of carbonyl (C=O) groups excluding carboxylic acids is 1. The van der Waals surface area contributed by atoms with Crippen LogP contribution in [-0.2, 0) is 9.53 Å². The molecule has 1 atom stereocenters. The largest absolute Gasteiger partial charge is 0.382 e. The fourth-order valence-electron chi connectivity index (χ4n) is 2.27. The van der Waals surface area contributed by atoms with Gasteiger partial charge in [-0.1, -0.05) is 23.2 Å². The summed E-state index contributed by atoms with van der Waals surface area (Å²) in [6.45, 7) is 1.34. The van der Waals surface area contributed by atoms with E-state index in [-0.39, 0.29) is 11.7 Å². The Kier molecular flexibility index (Phi) is 4.10. The molecule has 3 N–H and O–H groups in total. The third kappa shape index (κ3) is 3.17. The van der Waals surface area contributed by atoms with Gasteiger partial charge in [-0.25, -0.2) is 4.98 Å². The van der Waals surface area contributed by atoms with Gasteiger partial charge in [0.2, 0.25) is 5.91 Å². The highest BCUT2D eigenvalue weighted by atomic mass is 35.5. The molecular formula is C13H16Cl2N4O2. The van der Waals surface area contributed by atoms with Gasteiger partial charge in [-0.2, -0.15) is 0 Å². The maximum absolute atomic E-state index is 12.3. The van der Waals surface area contributed by atoms with Gasteiger partial charge in [0.1, 0.15) is 11.9 Å². The minimum Gasteiger partial charge on any atom is -0.382 e. The maximum Gasteiger partial charge on any atom is 0.245 e. The highest BCUT2D eigenvalue weighted by Crippen LogP contribution is 2.32. The van der Waals surface area contributed by atoms with Gasteiger partial charge in [0, 0.05) is 12.6 Å². The summed E-state index contributed by atoms with van der Waals surface area (Å²) in [6.07, 6.45) is 2.07. The number of pyridine rings is 1. The molecule has 1 saturated carbocycles. The summed E-state index contributed by atoms with van der Waals surface area (Å²) in [5, 5.41) is 3.66. The third-order valence-electron chi connectivity index (χ3n) is 3.57. The van der Waals surface area contributed by atoms with Crippen molar-refractivity contribution >= 4 is 40.7 Å². The van der Waals surface area contributed by atoms with Crippen LogP contribution in [0.5, 0.6) is 0 Å². The van der Waals surface area contributed by atoms with Crippen LogP contribution >= 0.6 is 23.2 Å². The molecule has 114 valence electrons. The summed E-state index contributed by atoms with van der Waals surface area (Å²) >= 11 is 12.1. The van der Waals surface area contributed by atoms with E-state index in [1.54, 1.807) is 6.07 Å². The average Bonchev–Trinajstić information content (AvgIpc) is 3.27. The van der Waals surface area contributed by atoms with E-state index in [1.165, 1.54) is 0 Å². The van der Waals surface area contributed by atoms with Crippen LogP contribution in [0.15, 0.2) is 6.07 Å². The molecule has 0 radical (unpaired) electrons. The Bertz CT molecular complexity index is 565. The van der Waals surface area contributed by atoms with Gasteiger partial charge in [-0.15, -0.1) is 0 Å². The van der Waals surface area contributed by atoms with E-state index in [2.05, 4.69) is 10.3 Å². The highest BCUT2D eigenvalue weighted by Gasteiger charge is 2.34. The van der Waals surface area contributed by atoms with E-state index in [0.29, 0.717) is 41.7 Å². The number of anilines is 2. The summed E-state index contributed by atoms with van der Waals surface area (Å²) < 4.78 is 5.42. The van der Waals surface area contributed by atoms with Gasteiger partial charge >= 0.3 is 0 Å². The normalized spacial score (nSPS) is 22.2. The lowest BCUT2D eigenvalue weighted by Gasteiger charge is -2.36. The van der Waals surface area contributed by atoms with Crippen LogP contribution in [0.25, 0.3) is 0 Å². The number of halogens is 2. The predicted molar refractivity (Wildman–Crippen MR) is 81.8 cm³/mol. The first kappa shape index (κ1) is 14.7. The number of ether oxygens (including phenoxy) is 1. The zero-order valence-electron chi connectivity index (χ0n) is 11.3. The lowest BCUT2D eigenvalue weighted by atomic mass is 10.2. The number of rotatable bonds is 3. The molecule has 6 nitrogen and oxygen atoms in total. The van der Waals surface area contributed by atoms with Crippen molar-refractivity contribution in [3.8, 4) is 0 Å². The van der Waals surface area contributed by atoms with E-state index in [4.69, 9.17) is 33.7 Å². The molecule has 1 saturated heterocycles. The minimum atomic E-state index is -0.454. The Morgan fingerprint density at radius 1 is 1.43 bits per heavy atom. The van der Waals surface area contributed by atoms with Crippen molar-refractivity contribution < 1.29 is 9.53 Å². The molecule has 0 bridgehead atoms. The number of nitrogens with two attached hydrogens (primary N) is 1. The number of hydrogen-bond acceptors (Lipinski definition) is 5. The van der Waals surface area contributed by atoms with Crippen LogP contribution in [0, 0.1) is 0 Å². The fourth-order valence-corrected chi connectivity index (χ4v) is 2.74. The summed E-state index contributed by atoms with van der Waals surface area (Å²) in [6, 6.07) is 1.39. The Labute approximate surface area is 132 Å². The van der Waals surface area contributed by atoms with Crippen LogP contribution < -0.4 is 16.0 Å². The first-order chi connectivity index (χ1) is 10.1. The Morgan fingerprint density at radius 2 is 2.19 bits per heavy atom. The van der Waals surface area contributed by atoms with Gasteiger partial charge in [-0.3, -0.25) is 4.79 Å². The molecule has 1 aromatic rings. The first-order valence-corrected chi connectivity index (χ1v) is 7.58. The van der Waals surface area contributed by atoms with E-state index in [0.717, 1.165) is 12.8 Å². The third-order valence-corrected chi connectivity index (χ3v) is 4.15. The summed E-state index contributed by atoms with van der Waals surface area (Å²) in [7, 11) is 0. The molecular weight excluding hydrogens is 315 g/mol. The zero-order chi connectivity index (χ0) is 15.0. The van der Waals surface area contributed by atoms with Gasteiger partial charge in [-0.05, 0) is 18.9 Å². The van der Waals surface area contributed by atoms with Crippen molar-refractivity contribution in [1.82, 2.24) is 10.3 Å². The van der Waals surface area contributed by atoms with Crippen molar-refractivity contribution in [3.05, 3.63) is 16.1 Å². The van der Waals surface area contributed by atoms with Crippen molar-refractivity contribution in [2.24, 2.45) is 0 Å². The van der Waals surface area contributed by atoms with E-state index in [1.807, 2.05) is 4.90 Å². The van der Waals surface area contributed by atoms with Gasteiger partial charge in [0.15, 0.2) is 5.82 Å². The number of nitrogen functional groups attached to an aromatic ring is 1. The van der Waals surface area contributed by atoms with Crippen molar-refractivity contribution in [2.75, 3.05) is 30.4 Å². The molecule has 3 rings (SSSR count). The number of nitrogens with zero attached hydrogens (tertiary/aromatic N) is 2. The van der Waals surface area contributed by atoms with E-state index < -0.39 is 6.04 Å². The number of amides is 1. The molecule has 2 fully saturated rings. The van der Waals surface area contributed by atoms with Crippen LogP contribution in [0.2, 0.25) is 10.0 Å². The quantitative estimate of drug-likeness (QED) is 0.876. The van der Waals surface area contributed by atoms with E-state index >= 15 is 0 Å². The molecule has 2 aliphatic rings. The monoisotopic (exact) mass is 330 g/mol. The molecule has 1 aliphatic heterocycles. The number of aromatic nitrogens is 1. The molecule has 21 heavy (non-hydrogen) atoms. The van der Waals surface area contributed by atoms with Gasteiger partial charge in [0.25, 0.3) is 0 Å². The van der Waals surface area contributed by atoms with E-state index in [9.17, 15) is 4.79 Å². The van der Waals surface area contributed by atoms with Crippen LogP contribution in [0.3, 0.4) is 0 Å². The summed E-state index contributed by atoms with van der Waals surface area (Å²) in [5.41, 5.74) is 5.75. The molecule has 1 unspecified atom stereocenters. The maximum atomic E-state index is 12.3. The average molecular weight is 331 g/mol. The highest BCUT2D eigenvalue weighted by molar-refractivity contribution is 6.37. The second-order valence-corrected chi connectivity index (χ2v) is 6.04. The molecule has 1 aliphatic carbocycles. The zero-order valence-corrected chi connectivity index (χ0v) is 12.8. The number of morpholine rings is 1. The molecule has 0 spiro atoms. The van der Waals surface area contributed by atoms with Crippen LogP contribution in [-0.4, -0.2) is 42.7 Å². The molecule has 1 aromatic heterocycles. The summed E-state index contributed by atoms with van der Waals surface area (Å²) in [5.74, 6) is 0.602. The Balaban J connectivity index is 1.86. The molecule has 1 amide bonds. The Hall–Kier alpha value is -1.24. The minimum absolute atomic E-state index is 0.0661. The van der Waals surface area contributed by atoms with Crippen molar-refractivity contribution in [3.63, 3.8) is 0 Å². The second kappa shape index (κ2) is 5.87. The lowest BCUT2D eigenvalue weighted by molar-refractivity contribution is -0.124. The number of nitrogens with one attached hydrogen (secondary N) is 1. The van der Waals surface area contributed by atoms with Crippen molar-refractivity contribution in [1.29, 1.82) is 0 Å². The SMILES string of the molecule is Nc1nc(N2CCOCC2C(=O)NC2CC2)c(Cl)cc1Cl. The second-order valence-electron chi connectivity index (χ2n) is 5.23. The van der Waals surface area contributed by atoms with Crippen LogP contribution in [0.4, 0.5) is 11.6 Å². The lowest BCUT2D eigenvalue weighted by Crippen LogP contribution is -2.54. The first-order valence-electron chi connectivity index (χ1n) is 6.82. The predicted octanol–water partition coefficient (Wildman–Crippen LogP) is 1.45. The number of carbonyl (C=O) groups is 1. The molecule has 2 heterocycles. The van der Waals surface area contributed by atoms with Gasteiger partial charge < -0.3 is 20.7 Å². The Morgan fingerprint density at radius 3 is 2.90 bits per heavy atom. The summed E-state index contributed by atoms with van der Waals surface area (Å²) in [4.78, 5) is 18.4. The van der Waals surface area contributed by atoms with Crippen molar-refractivity contribution in [2.45, 2.75) is 24.9 Å². The molecule has 0 aromatic carbocycles. The van der Waals surface area contributed by atoms with Crippen LogP contribution in [0.1, 0.15) is 12.8 Å².